The number of alkyl halides is 2. The fourth-order valence-electron chi connectivity index (χ4n) is 3.47. The molecule has 0 N–H and O–H groups in total. The lowest BCUT2D eigenvalue weighted by molar-refractivity contribution is -0.0500. The van der Waals surface area contributed by atoms with Crippen molar-refractivity contribution in [2.75, 3.05) is 19.7 Å². The number of morpholine rings is 1. The lowest BCUT2D eigenvalue weighted by Gasteiger charge is -2.33. The van der Waals surface area contributed by atoms with Crippen molar-refractivity contribution in [1.82, 2.24) is 14.5 Å². The SMILES string of the molecule is Cn1cnc2ccc([C@@H]3CN(Cc4cccc(OC(F)F)c4)CCO3)cc21. The van der Waals surface area contributed by atoms with Crippen LogP contribution in [0.25, 0.3) is 11.0 Å². The van der Waals surface area contributed by atoms with E-state index in [9.17, 15) is 8.78 Å². The molecule has 0 unspecified atom stereocenters. The zero-order valence-electron chi connectivity index (χ0n) is 15.0. The summed E-state index contributed by atoms with van der Waals surface area (Å²) >= 11 is 0. The van der Waals surface area contributed by atoms with E-state index in [2.05, 4.69) is 26.8 Å². The lowest BCUT2D eigenvalue weighted by Crippen LogP contribution is -2.37. The zero-order chi connectivity index (χ0) is 18.8. The highest BCUT2D eigenvalue weighted by atomic mass is 19.3. The standard InChI is InChI=1S/C20H21F2N3O2/c1-24-13-23-17-6-5-15(10-18(17)24)19-12-25(7-8-26-19)11-14-3-2-4-16(9-14)27-20(21)22/h2-6,9-10,13,19-20H,7-8,11-12H2,1H3/t19-/m0/s1. The summed E-state index contributed by atoms with van der Waals surface area (Å²) in [6.45, 7) is 0.0124. The van der Waals surface area contributed by atoms with Crippen LogP contribution in [0.3, 0.4) is 0 Å². The Hall–Kier alpha value is -2.51. The minimum absolute atomic E-state index is 0.0291. The summed E-state index contributed by atoms with van der Waals surface area (Å²) in [4.78, 5) is 6.62. The number of imidazole rings is 1. The van der Waals surface area contributed by atoms with Crippen molar-refractivity contribution in [2.45, 2.75) is 19.3 Å². The fourth-order valence-corrected chi connectivity index (χ4v) is 3.47. The smallest absolute Gasteiger partial charge is 0.387 e. The predicted molar refractivity (Wildman–Crippen MR) is 97.8 cm³/mol. The molecule has 1 fully saturated rings. The van der Waals surface area contributed by atoms with E-state index in [4.69, 9.17) is 4.74 Å². The second-order valence-electron chi connectivity index (χ2n) is 6.72. The maximum absolute atomic E-state index is 12.4. The fraction of sp³-hybridized carbons (Fsp3) is 0.350. The molecule has 7 heteroatoms. The number of aryl methyl sites for hydroxylation is 1. The summed E-state index contributed by atoms with van der Waals surface area (Å²) in [6.07, 6.45) is 1.77. The number of ether oxygens (including phenoxy) is 2. The van der Waals surface area contributed by atoms with Gasteiger partial charge in [-0.3, -0.25) is 4.90 Å². The second-order valence-corrected chi connectivity index (χ2v) is 6.72. The first-order valence-electron chi connectivity index (χ1n) is 8.87. The molecular formula is C20H21F2N3O2. The number of hydrogen-bond acceptors (Lipinski definition) is 4. The third-order valence-electron chi connectivity index (χ3n) is 4.80. The number of aromatic nitrogens is 2. The third kappa shape index (κ3) is 4.09. The summed E-state index contributed by atoms with van der Waals surface area (Å²) in [7, 11) is 1.97. The Morgan fingerprint density at radius 2 is 2.15 bits per heavy atom. The number of hydrogen-bond donors (Lipinski definition) is 0. The molecule has 4 rings (SSSR count). The van der Waals surface area contributed by atoms with E-state index < -0.39 is 6.61 Å². The molecule has 0 spiro atoms. The third-order valence-corrected chi connectivity index (χ3v) is 4.80. The molecule has 5 nitrogen and oxygen atoms in total. The lowest BCUT2D eigenvalue weighted by atomic mass is 10.1. The highest BCUT2D eigenvalue weighted by Gasteiger charge is 2.23. The Morgan fingerprint density at radius 1 is 1.26 bits per heavy atom. The van der Waals surface area contributed by atoms with E-state index in [1.54, 1.807) is 24.5 Å². The molecule has 142 valence electrons. The van der Waals surface area contributed by atoms with Crippen molar-refractivity contribution in [3.05, 3.63) is 59.9 Å². The van der Waals surface area contributed by atoms with Crippen molar-refractivity contribution in [3.63, 3.8) is 0 Å². The Bertz CT molecular complexity index is 928. The molecule has 2 heterocycles. The van der Waals surface area contributed by atoms with Gasteiger partial charge in [0.15, 0.2) is 0 Å². The average Bonchev–Trinajstić information content (AvgIpc) is 3.02. The van der Waals surface area contributed by atoms with Crippen molar-refractivity contribution in [1.29, 1.82) is 0 Å². The Morgan fingerprint density at radius 3 is 3.00 bits per heavy atom. The van der Waals surface area contributed by atoms with Crippen LogP contribution in [0.5, 0.6) is 5.75 Å². The van der Waals surface area contributed by atoms with Gasteiger partial charge in [0, 0.05) is 26.7 Å². The molecule has 3 aromatic rings. The molecule has 1 saturated heterocycles. The summed E-state index contributed by atoms with van der Waals surface area (Å²) in [6, 6.07) is 13.1. The van der Waals surface area contributed by atoms with E-state index >= 15 is 0 Å². The Labute approximate surface area is 156 Å². The normalized spacial score (nSPS) is 18.3. The number of halogens is 2. The number of fused-ring (bicyclic) bond motifs is 1. The van der Waals surface area contributed by atoms with Crippen LogP contribution in [-0.2, 0) is 18.3 Å². The van der Waals surface area contributed by atoms with Crippen LogP contribution in [-0.4, -0.2) is 40.8 Å². The van der Waals surface area contributed by atoms with Crippen molar-refractivity contribution >= 4 is 11.0 Å². The molecule has 0 aliphatic carbocycles. The Balaban J connectivity index is 1.47. The van der Waals surface area contributed by atoms with E-state index in [1.165, 1.54) is 0 Å². The molecule has 0 saturated carbocycles. The quantitative estimate of drug-likeness (QED) is 0.683. The topological polar surface area (TPSA) is 39.5 Å². The van der Waals surface area contributed by atoms with Gasteiger partial charge in [-0.2, -0.15) is 8.78 Å². The van der Waals surface area contributed by atoms with Gasteiger partial charge in [-0.15, -0.1) is 0 Å². The van der Waals surface area contributed by atoms with Crippen LogP contribution in [0.2, 0.25) is 0 Å². The van der Waals surface area contributed by atoms with Gasteiger partial charge in [-0.1, -0.05) is 18.2 Å². The molecule has 2 aromatic carbocycles. The number of nitrogens with zero attached hydrogens (tertiary/aromatic N) is 3. The Kier molecular flexibility index (Phi) is 5.05. The summed E-state index contributed by atoms with van der Waals surface area (Å²) in [5.41, 5.74) is 4.09. The van der Waals surface area contributed by atoms with Crippen LogP contribution in [0.4, 0.5) is 8.78 Å². The maximum atomic E-state index is 12.4. The molecular weight excluding hydrogens is 352 g/mol. The van der Waals surface area contributed by atoms with Gasteiger partial charge in [0.25, 0.3) is 0 Å². The molecule has 1 aliphatic heterocycles. The first-order chi connectivity index (χ1) is 13.1. The van der Waals surface area contributed by atoms with Crippen molar-refractivity contribution in [2.24, 2.45) is 7.05 Å². The molecule has 0 radical (unpaired) electrons. The molecule has 1 aliphatic rings. The predicted octanol–water partition coefficient (Wildman–Crippen LogP) is 3.75. The first-order valence-corrected chi connectivity index (χ1v) is 8.87. The minimum Gasteiger partial charge on any atom is -0.435 e. The van der Waals surface area contributed by atoms with E-state index in [0.717, 1.165) is 35.2 Å². The second kappa shape index (κ2) is 7.62. The van der Waals surface area contributed by atoms with E-state index in [0.29, 0.717) is 13.2 Å². The number of rotatable bonds is 5. The van der Waals surface area contributed by atoms with Crippen molar-refractivity contribution < 1.29 is 18.3 Å². The van der Waals surface area contributed by atoms with Gasteiger partial charge in [0.1, 0.15) is 5.75 Å². The van der Waals surface area contributed by atoms with Gasteiger partial charge in [-0.25, -0.2) is 4.98 Å². The zero-order valence-corrected chi connectivity index (χ0v) is 15.0. The monoisotopic (exact) mass is 373 g/mol. The molecule has 27 heavy (non-hydrogen) atoms. The molecule has 1 atom stereocenters. The maximum Gasteiger partial charge on any atom is 0.387 e. The van der Waals surface area contributed by atoms with Gasteiger partial charge in [-0.05, 0) is 35.4 Å². The van der Waals surface area contributed by atoms with Gasteiger partial charge in [0.2, 0.25) is 0 Å². The first kappa shape index (κ1) is 17.9. The summed E-state index contributed by atoms with van der Waals surface area (Å²) in [5.74, 6) is 0.189. The summed E-state index contributed by atoms with van der Waals surface area (Å²) < 4.78 is 37.3. The van der Waals surface area contributed by atoms with Crippen LogP contribution in [0.1, 0.15) is 17.2 Å². The molecule has 0 amide bonds. The van der Waals surface area contributed by atoms with Crippen LogP contribution < -0.4 is 4.74 Å². The molecule has 0 bridgehead atoms. The largest absolute Gasteiger partial charge is 0.435 e. The van der Waals surface area contributed by atoms with Gasteiger partial charge < -0.3 is 14.0 Å². The van der Waals surface area contributed by atoms with Crippen molar-refractivity contribution in [3.8, 4) is 5.75 Å². The highest BCUT2D eigenvalue weighted by Crippen LogP contribution is 2.26. The van der Waals surface area contributed by atoms with Crippen LogP contribution in [0.15, 0.2) is 48.8 Å². The average molecular weight is 373 g/mol. The van der Waals surface area contributed by atoms with E-state index in [1.807, 2.05) is 23.7 Å². The molecule has 1 aromatic heterocycles. The highest BCUT2D eigenvalue weighted by molar-refractivity contribution is 5.76. The number of benzene rings is 2. The van der Waals surface area contributed by atoms with Crippen LogP contribution in [0, 0.1) is 0 Å². The van der Waals surface area contributed by atoms with E-state index in [-0.39, 0.29) is 11.9 Å². The van der Waals surface area contributed by atoms with Crippen LogP contribution >= 0.6 is 0 Å². The minimum atomic E-state index is -2.81. The van der Waals surface area contributed by atoms with Gasteiger partial charge in [0.05, 0.1) is 30.1 Å². The van der Waals surface area contributed by atoms with Gasteiger partial charge >= 0.3 is 6.61 Å². The summed E-state index contributed by atoms with van der Waals surface area (Å²) in [5, 5.41) is 0.